The van der Waals surface area contributed by atoms with Gasteiger partial charge in [-0.05, 0) is 18.2 Å². The molecule has 0 amide bonds. The zero-order chi connectivity index (χ0) is 19.2. The molecule has 0 aliphatic rings. The number of rotatable bonds is 6. The van der Waals surface area contributed by atoms with Crippen molar-refractivity contribution in [1.82, 2.24) is 0 Å². The van der Waals surface area contributed by atoms with Crippen LogP contribution < -0.4 is 0 Å². The van der Waals surface area contributed by atoms with Crippen molar-refractivity contribution < 1.29 is 19.1 Å². The molecule has 0 aliphatic heterocycles. The molecule has 0 radical (unpaired) electrons. The van der Waals surface area contributed by atoms with Crippen LogP contribution in [0.25, 0.3) is 0 Å². The third-order valence-electron chi connectivity index (χ3n) is 3.94. The number of carbonyl (C=O) groups is 3. The fourth-order valence-corrected chi connectivity index (χ4v) is 2.82. The van der Waals surface area contributed by atoms with E-state index in [4.69, 9.17) is 16.3 Å². The summed E-state index contributed by atoms with van der Waals surface area (Å²) in [5.74, 6) is -1.45. The van der Waals surface area contributed by atoms with E-state index in [-0.39, 0.29) is 22.5 Å². The molecule has 0 unspecified atom stereocenters. The van der Waals surface area contributed by atoms with Crippen LogP contribution in [0.5, 0.6) is 0 Å². The summed E-state index contributed by atoms with van der Waals surface area (Å²) >= 11 is 5.98. The molecule has 0 saturated heterocycles. The molecule has 0 fully saturated rings. The average Bonchev–Trinajstić information content (AvgIpc) is 2.72. The standard InChI is InChI=1S/C22H15ClO4/c23-19-13-7-6-12-18(19)20(24)14-27-22(26)17-11-5-4-10-16(17)21(25)15-8-2-1-3-9-15/h1-13H,14H2. The number of esters is 1. The van der Waals surface area contributed by atoms with E-state index in [0.29, 0.717) is 10.6 Å². The molecule has 3 aromatic carbocycles. The predicted molar refractivity (Wildman–Crippen MR) is 102 cm³/mol. The molecule has 0 spiro atoms. The lowest BCUT2D eigenvalue weighted by atomic mass is 9.98. The van der Waals surface area contributed by atoms with Gasteiger partial charge in [-0.25, -0.2) is 4.79 Å². The maximum absolute atomic E-state index is 12.7. The molecule has 0 saturated carbocycles. The van der Waals surface area contributed by atoms with Gasteiger partial charge in [-0.15, -0.1) is 0 Å². The molecule has 134 valence electrons. The molecule has 0 aromatic heterocycles. The first-order valence-electron chi connectivity index (χ1n) is 8.21. The Morgan fingerprint density at radius 3 is 1.93 bits per heavy atom. The Balaban J connectivity index is 1.77. The molecule has 3 aromatic rings. The Kier molecular flexibility index (Phi) is 5.79. The van der Waals surface area contributed by atoms with Gasteiger partial charge in [0.1, 0.15) is 0 Å². The van der Waals surface area contributed by atoms with Crippen LogP contribution in [-0.2, 0) is 4.74 Å². The van der Waals surface area contributed by atoms with Gasteiger partial charge in [-0.3, -0.25) is 9.59 Å². The van der Waals surface area contributed by atoms with Crippen LogP contribution in [0.2, 0.25) is 5.02 Å². The largest absolute Gasteiger partial charge is 0.454 e. The summed E-state index contributed by atoms with van der Waals surface area (Å²) in [5, 5.41) is 0.290. The Bertz CT molecular complexity index is 996. The number of ether oxygens (including phenoxy) is 1. The van der Waals surface area contributed by atoms with Gasteiger partial charge in [0.05, 0.1) is 10.6 Å². The highest BCUT2D eigenvalue weighted by Crippen LogP contribution is 2.18. The number of carbonyl (C=O) groups excluding carboxylic acids is 3. The van der Waals surface area contributed by atoms with Gasteiger partial charge in [-0.1, -0.05) is 72.3 Å². The van der Waals surface area contributed by atoms with Crippen molar-refractivity contribution in [2.45, 2.75) is 0 Å². The summed E-state index contributed by atoms with van der Waals surface area (Å²) in [5.41, 5.74) is 1.07. The highest BCUT2D eigenvalue weighted by molar-refractivity contribution is 6.34. The third kappa shape index (κ3) is 4.30. The maximum atomic E-state index is 12.7. The Hall–Kier alpha value is -3.24. The smallest absolute Gasteiger partial charge is 0.339 e. The lowest BCUT2D eigenvalue weighted by Crippen LogP contribution is -2.17. The van der Waals surface area contributed by atoms with E-state index < -0.39 is 18.4 Å². The minimum Gasteiger partial charge on any atom is -0.454 e. The van der Waals surface area contributed by atoms with Crippen LogP contribution >= 0.6 is 11.6 Å². The van der Waals surface area contributed by atoms with Gasteiger partial charge >= 0.3 is 5.97 Å². The fraction of sp³-hybridized carbons (Fsp3) is 0.0455. The van der Waals surface area contributed by atoms with Gasteiger partial charge < -0.3 is 4.74 Å². The van der Waals surface area contributed by atoms with Crippen molar-refractivity contribution in [3.8, 4) is 0 Å². The lowest BCUT2D eigenvalue weighted by Gasteiger charge is -2.09. The molecule has 0 N–H and O–H groups in total. The van der Waals surface area contributed by atoms with Crippen LogP contribution in [0.3, 0.4) is 0 Å². The topological polar surface area (TPSA) is 60.4 Å². The summed E-state index contributed by atoms with van der Waals surface area (Å²) < 4.78 is 5.13. The van der Waals surface area contributed by atoms with Gasteiger partial charge in [-0.2, -0.15) is 0 Å². The lowest BCUT2D eigenvalue weighted by molar-refractivity contribution is 0.0473. The van der Waals surface area contributed by atoms with Crippen molar-refractivity contribution in [3.63, 3.8) is 0 Å². The minimum atomic E-state index is -0.740. The molecule has 0 atom stereocenters. The second kappa shape index (κ2) is 8.43. The van der Waals surface area contributed by atoms with E-state index in [1.807, 2.05) is 0 Å². The van der Waals surface area contributed by atoms with Crippen molar-refractivity contribution in [2.75, 3.05) is 6.61 Å². The van der Waals surface area contributed by atoms with E-state index in [1.165, 1.54) is 6.07 Å². The Morgan fingerprint density at radius 1 is 0.704 bits per heavy atom. The maximum Gasteiger partial charge on any atom is 0.339 e. The Labute approximate surface area is 161 Å². The first-order chi connectivity index (χ1) is 13.1. The highest BCUT2D eigenvalue weighted by atomic mass is 35.5. The average molecular weight is 379 g/mol. The second-order valence-electron chi connectivity index (χ2n) is 5.72. The number of benzene rings is 3. The van der Waals surface area contributed by atoms with Gasteiger partial charge in [0.2, 0.25) is 5.78 Å². The van der Waals surface area contributed by atoms with E-state index >= 15 is 0 Å². The van der Waals surface area contributed by atoms with Crippen molar-refractivity contribution in [2.24, 2.45) is 0 Å². The van der Waals surface area contributed by atoms with Crippen LogP contribution in [0.4, 0.5) is 0 Å². The van der Waals surface area contributed by atoms with E-state index in [1.54, 1.807) is 72.8 Å². The molecule has 0 heterocycles. The monoisotopic (exact) mass is 378 g/mol. The van der Waals surface area contributed by atoms with Gasteiger partial charge in [0, 0.05) is 16.7 Å². The number of halogens is 1. The summed E-state index contributed by atoms with van der Waals surface area (Å²) in [7, 11) is 0. The van der Waals surface area contributed by atoms with Crippen LogP contribution in [-0.4, -0.2) is 24.1 Å². The predicted octanol–water partition coefficient (Wildman–Crippen LogP) is 4.61. The van der Waals surface area contributed by atoms with Crippen LogP contribution in [0.1, 0.15) is 36.6 Å². The minimum absolute atomic E-state index is 0.110. The molecular formula is C22H15ClO4. The normalized spacial score (nSPS) is 10.3. The number of hydrogen-bond donors (Lipinski definition) is 0. The van der Waals surface area contributed by atoms with Gasteiger partial charge in [0.15, 0.2) is 12.4 Å². The van der Waals surface area contributed by atoms with Gasteiger partial charge in [0.25, 0.3) is 0 Å². The SMILES string of the molecule is O=C(COC(=O)c1ccccc1C(=O)c1ccccc1)c1ccccc1Cl. The quantitative estimate of drug-likeness (QED) is 0.464. The summed E-state index contributed by atoms with van der Waals surface area (Å²) in [6.07, 6.45) is 0. The molecule has 3 rings (SSSR count). The molecule has 5 heteroatoms. The number of ketones is 2. The highest BCUT2D eigenvalue weighted by Gasteiger charge is 2.20. The summed E-state index contributed by atoms with van der Waals surface area (Å²) in [6, 6.07) is 21.5. The first-order valence-corrected chi connectivity index (χ1v) is 8.59. The van der Waals surface area contributed by atoms with Crippen LogP contribution in [0, 0.1) is 0 Å². The molecule has 0 bridgehead atoms. The van der Waals surface area contributed by atoms with E-state index in [0.717, 1.165) is 0 Å². The zero-order valence-electron chi connectivity index (χ0n) is 14.2. The van der Waals surface area contributed by atoms with E-state index in [9.17, 15) is 14.4 Å². The Morgan fingerprint density at radius 2 is 1.26 bits per heavy atom. The summed E-state index contributed by atoms with van der Waals surface area (Å²) in [4.78, 5) is 37.4. The molecule has 4 nitrogen and oxygen atoms in total. The molecular weight excluding hydrogens is 364 g/mol. The molecule has 0 aliphatic carbocycles. The van der Waals surface area contributed by atoms with Crippen molar-refractivity contribution >= 4 is 29.1 Å². The number of Topliss-reactive ketones (excluding diaryl/α,β-unsaturated/α-hetero) is 1. The summed E-state index contributed by atoms with van der Waals surface area (Å²) in [6.45, 7) is -0.462. The molecule has 27 heavy (non-hydrogen) atoms. The third-order valence-corrected chi connectivity index (χ3v) is 4.27. The second-order valence-corrected chi connectivity index (χ2v) is 6.13. The fourth-order valence-electron chi connectivity index (χ4n) is 2.58. The van der Waals surface area contributed by atoms with Crippen molar-refractivity contribution in [3.05, 3.63) is 106 Å². The number of hydrogen-bond acceptors (Lipinski definition) is 4. The van der Waals surface area contributed by atoms with E-state index in [2.05, 4.69) is 0 Å². The van der Waals surface area contributed by atoms with Crippen LogP contribution in [0.15, 0.2) is 78.9 Å². The zero-order valence-corrected chi connectivity index (χ0v) is 15.0. The first kappa shape index (κ1) is 18.5. The van der Waals surface area contributed by atoms with Crippen molar-refractivity contribution in [1.29, 1.82) is 0 Å².